The van der Waals surface area contributed by atoms with Crippen molar-refractivity contribution in [2.24, 2.45) is 7.05 Å². The lowest BCUT2D eigenvalue weighted by Crippen LogP contribution is -2.22. The van der Waals surface area contributed by atoms with Crippen LogP contribution in [0.25, 0.3) is 22.2 Å². The van der Waals surface area contributed by atoms with Gasteiger partial charge in [-0.1, -0.05) is 32.3 Å². The lowest BCUT2D eigenvalue weighted by atomic mass is 9.99. The van der Waals surface area contributed by atoms with Crippen molar-refractivity contribution in [2.75, 3.05) is 0 Å². The minimum atomic E-state index is -0.0305. The third-order valence-electron chi connectivity index (χ3n) is 6.09. The first-order chi connectivity index (χ1) is 17.0. The van der Waals surface area contributed by atoms with E-state index in [0.717, 1.165) is 47.8 Å². The van der Waals surface area contributed by atoms with Gasteiger partial charge < -0.3 is 4.74 Å². The number of benzene rings is 2. The molecule has 4 aromatic rings. The molecule has 4 rings (SSSR count). The number of nitrogens with zero attached hydrogens (tertiary/aromatic N) is 5. The molecule has 0 unspecified atom stereocenters. The number of aryl methyl sites for hydroxylation is 2. The number of hydrogen-bond donors (Lipinski definition) is 0. The Morgan fingerprint density at radius 1 is 0.971 bits per heavy atom. The quantitative estimate of drug-likeness (QED) is 0.295. The van der Waals surface area contributed by atoms with Crippen molar-refractivity contribution < 1.29 is 4.74 Å². The van der Waals surface area contributed by atoms with E-state index in [1.165, 1.54) is 0 Å². The maximum Gasteiger partial charge on any atom is 0.328 e. The molecule has 2 aromatic carbocycles. The molecule has 7 nitrogen and oxygen atoms in total. The summed E-state index contributed by atoms with van der Waals surface area (Å²) in [4.78, 5) is 17.0. The van der Waals surface area contributed by atoms with E-state index < -0.39 is 0 Å². The van der Waals surface area contributed by atoms with Crippen molar-refractivity contribution >= 4 is 11.0 Å². The Morgan fingerprint density at radius 2 is 1.80 bits per heavy atom. The molecule has 0 amide bonds. The molecule has 0 fully saturated rings. The summed E-state index contributed by atoms with van der Waals surface area (Å²) < 4.78 is 9.51. The predicted octanol–water partition coefficient (Wildman–Crippen LogP) is 5.71. The topological polar surface area (TPSA) is 96.6 Å². The molecular weight excluding hydrogens is 438 g/mol. The lowest BCUT2D eigenvalue weighted by molar-refractivity contribution is 0.481. The Balaban J connectivity index is 1.69. The Hall–Kier alpha value is -4.36. The molecule has 176 valence electrons. The van der Waals surface area contributed by atoms with Gasteiger partial charge in [0.15, 0.2) is 0 Å². The fraction of sp³-hybridized carbons (Fsp3) is 0.286. The molecular formula is C28H27N5O2. The molecule has 0 saturated carbocycles. The highest BCUT2D eigenvalue weighted by Crippen LogP contribution is 2.32. The molecule has 0 N–H and O–H groups in total. The molecule has 2 aromatic heterocycles. The Bertz CT molecular complexity index is 1500. The van der Waals surface area contributed by atoms with Crippen molar-refractivity contribution in [3.63, 3.8) is 0 Å². The molecule has 35 heavy (non-hydrogen) atoms. The van der Waals surface area contributed by atoms with Crippen LogP contribution in [0.2, 0.25) is 0 Å². The van der Waals surface area contributed by atoms with Crippen molar-refractivity contribution in [1.29, 1.82) is 10.5 Å². The fourth-order valence-corrected chi connectivity index (χ4v) is 4.24. The van der Waals surface area contributed by atoms with Crippen molar-refractivity contribution in [3.05, 3.63) is 76.5 Å². The molecule has 0 saturated heterocycles. The zero-order valence-electron chi connectivity index (χ0n) is 20.0. The molecule has 2 heterocycles. The molecule has 7 heteroatoms. The number of nitriles is 2. The number of pyridine rings is 1. The Kier molecular flexibility index (Phi) is 7.28. The minimum absolute atomic E-state index is 0.0305. The van der Waals surface area contributed by atoms with E-state index in [-0.39, 0.29) is 12.1 Å². The third-order valence-corrected chi connectivity index (χ3v) is 6.09. The van der Waals surface area contributed by atoms with E-state index in [2.05, 4.69) is 24.0 Å². The van der Waals surface area contributed by atoms with Gasteiger partial charge >= 0.3 is 5.69 Å². The van der Waals surface area contributed by atoms with Gasteiger partial charge in [0, 0.05) is 31.4 Å². The largest absolute Gasteiger partial charge is 0.457 e. The van der Waals surface area contributed by atoms with Gasteiger partial charge in [0.2, 0.25) is 0 Å². The van der Waals surface area contributed by atoms with Crippen LogP contribution in [-0.2, 0) is 20.0 Å². The van der Waals surface area contributed by atoms with Gasteiger partial charge in [-0.2, -0.15) is 10.5 Å². The number of ether oxygens (including phenoxy) is 1. The highest BCUT2D eigenvalue weighted by atomic mass is 16.5. The second kappa shape index (κ2) is 10.7. The smallest absolute Gasteiger partial charge is 0.328 e. The molecule has 0 spiro atoms. The van der Waals surface area contributed by atoms with Crippen LogP contribution in [0.5, 0.6) is 11.5 Å². The van der Waals surface area contributed by atoms with Crippen molar-refractivity contribution in [2.45, 2.75) is 45.6 Å². The second-order valence-electron chi connectivity index (χ2n) is 8.50. The monoisotopic (exact) mass is 465 g/mol. The van der Waals surface area contributed by atoms with Crippen LogP contribution in [0.1, 0.15) is 43.9 Å². The van der Waals surface area contributed by atoms with E-state index in [0.29, 0.717) is 29.3 Å². The molecule has 0 aliphatic carbocycles. The van der Waals surface area contributed by atoms with Crippen LogP contribution < -0.4 is 10.4 Å². The summed E-state index contributed by atoms with van der Waals surface area (Å²) in [6.45, 7) is 2.87. The van der Waals surface area contributed by atoms with E-state index in [4.69, 9.17) is 10.00 Å². The summed E-state index contributed by atoms with van der Waals surface area (Å²) in [5.41, 5.74) is 4.39. The minimum Gasteiger partial charge on any atom is -0.457 e. The van der Waals surface area contributed by atoms with E-state index in [9.17, 15) is 10.1 Å². The number of aromatic nitrogens is 3. The fourth-order valence-electron chi connectivity index (χ4n) is 4.24. The van der Waals surface area contributed by atoms with E-state index in [1.54, 1.807) is 42.1 Å². The summed E-state index contributed by atoms with van der Waals surface area (Å²) in [7, 11) is 1.78. The molecule has 0 aliphatic heterocycles. The van der Waals surface area contributed by atoms with Gasteiger partial charge in [0.1, 0.15) is 11.5 Å². The maximum atomic E-state index is 12.9. The molecule has 0 aliphatic rings. The van der Waals surface area contributed by atoms with Gasteiger partial charge in [0.25, 0.3) is 0 Å². The van der Waals surface area contributed by atoms with Crippen LogP contribution in [0, 0.1) is 22.7 Å². The maximum absolute atomic E-state index is 12.9. The number of rotatable bonds is 9. The molecule has 0 radical (unpaired) electrons. The van der Waals surface area contributed by atoms with Gasteiger partial charge in [0.05, 0.1) is 40.9 Å². The highest BCUT2D eigenvalue weighted by Gasteiger charge is 2.14. The van der Waals surface area contributed by atoms with E-state index in [1.807, 2.05) is 28.8 Å². The first-order valence-electron chi connectivity index (χ1n) is 11.8. The molecule has 0 bridgehead atoms. The van der Waals surface area contributed by atoms with Gasteiger partial charge in [-0.05, 0) is 48.4 Å². The first-order valence-corrected chi connectivity index (χ1v) is 11.8. The van der Waals surface area contributed by atoms with Crippen LogP contribution >= 0.6 is 0 Å². The zero-order chi connectivity index (χ0) is 24.8. The van der Waals surface area contributed by atoms with Gasteiger partial charge in [-0.3, -0.25) is 14.1 Å². The van der Waals surface area contributed by atoms with Gasteiger partial charge in [-0.25, -0.2) is 4.79 Å². The average Bonchev–Trinajstić information content (AvgIpc) is 3.11. The summed E-state index contributed by atoms with van der Waals surface area (Å²) in [6.07, 6.45) is 6.20. The zero-order valence-corrected chi connectivity index (χ0v) is 20.0. The standard InChI is InChI=1S/C28H27N5O2/c1-3-4-5-6-15-33-26-10-8-20(16-27(26)32(2)28(33)34)25-18-23(9-7-21(25)19-30)35-24-12-14-31-22(17-24)11-13-29/h7-10,12,14,16-18H,3-6,11,15H2,1-2H3. The van der Waals surface area contributed by atoms with Crippen molar-refractivity contribution in [3.8, 4) is 34.8 Å². The van der Waals surface area contributed by atoms with Crippen LogP contribution in [0.4, 0.5) is 0 Å². The summed E-state index contributed by atoms with van der Waals surface area (Å²) >= 11 is 0. The predicted molar refractivity (Wildman–Crippen MR) is 135 cm³/mol. The van der Waals surface area contributed by atoms with Gasteiger partial charge in [-0.15, -0.1) is 0 Å². The number of imidazole rings is 1. The van der Waals surface area contributed by atoms with Crippen LogP contribution in [0.3, 0.4) is 0 Å². The summed E-state index contributed by atoms with van der Waals surface area (Å²) in [5, 5.41) is 18.6. The summed E-state index contributed by atoms with van der Waals surface area (Å²) in [6, 6.07) is 18.9. The second-order valence-corrected chi connectivity index (χ2v) is 8.50. The van der Waals surface area contributed by atoms with E-state index >= 15 is 0 Å². The SMILES string of the molecule is CCCCCCn1c(=O)n(C)c2cc(-c3cc(Oc4ccnc(CC#N)c4)ccc3C#N)ccc21. The number of fused-ring (bicyclic) bond motifs is 1. The number of unbranched alkanes of at least 4 members (excludes halogenated alkanes) is 3. The number of hydrogen-bond acceptors (Lipinski definition) is 5. The Labute approximate surface area is 204 Å². The van der Waals surface area contributed by atoms with Crippen LogP contribution in [0.15, 0.2) is 59.5 Å². The Morgan fingerprint density at radius 3 is 2.57 bits per heavy atom. The van der Waals surface area contributed by atoms with Crippen molar-refractivity contribution in [1.82, 2.24) is 14.1 Å². The highest BCUT2D eigenvalue weighted by molar-refractivity contribution is 5.84. The lowest BCUT2D eigenvalue weighted by Gasteiger charge is -2.11. The average molecular weight is 466 g/mol. The summed E-state index contributed by atoms with van der Waals surface area (Å²) in [5.74, 6) is 1.13. The normalized spacial score (nSPS) is 10.7. The van der Waals surface area contributed by atoms with Crippen LogP contribution in [-0.4, -0.2) is 14.1 Å². The third kappa shape index (κ3) is 5.10. The first kappa shape index (κ1) is 23.8. The molecule has 0 atom stereocenters.